The monoisotopic (exact) mass is 281 g/mol. The number of carbonyl (C=O) groups excluding carboxylic acids is 1. The highest BCUT2D eigenvalue weighted by molar-refractivity contribution is 7.98. The molecule has 1 aliphatic heterocycles. The van der Waals surface area contributed by atoms with Crippen molar-refractivity contribution in [3.05, 3.63) is 18.5 Å². The van der Waals surface area contributed by atoms with E-state index in [1.165, 1.54) is 6.42 Å². The van der Waals surface area contributed by atoms with Gasteiger partial charge in [-0.2, -0.15) is 16.9 Å². The number of likely N-dealkylation sites (tertiary alicyclic amines) is 1. The first-order valence-electron chi connectivity index (χ1n) is 7.07. The van der Waals surface area contributed by atoms with E-state index in [4.69, 9.17) is 0 Å². The molecule has 1 fully saturated rings. The molecule has 106 valence electrons. The van der Waals surface area contributed by atoms with Crippen LogP contribution in [0, 0.1) is 0 Å². The van der Waals surface area contributed by atoms with Gasteiger partial charge in [-0.05, 0) is 38.0 Å². The van der Waals surface area contributed by atoms with E-state index in [0.717, 1.165) is 38.1 Å². The molecule has 0 aliphatic carbocycles. The van der Waals surface area contributed by atoms with Crippen LogP contribution in [0.3, 0.4) is 0 Å². The summed E-state index contributed by atoms with van der Waals surface area (Å²) in [5.41, 5.74) is 0. The SMILES string of the molecule is CSCCC(=O)N1CCCC[C@@H]1CCn1cccn1. The Balaban J connectivity index is 1.86. The van der Waals surface area contributed by atoms with Gasteiger partial charge in [-0.25, -0.2) is 0 Å². The maximum Gasteiger partial charge on any atom is 0.223 e. The lowest BCUT2D eigenvalue weighted by Gasteiger charge is -2.36. The minimum absolute atomic E-state index is 0.333. The maximum absolute atomic E-state index is 12.2. The smallest absolute Gasteiger partial charge is 0.223 e. The van der Waals surface area contributed by atoms with E-state index in [9.17, 15) is 4.79 Å². The lowest BCUT2D eigenvalue weighted by atomic mass is 9.99. The van der Waals surface area contributed by atoms with E-state index >= 15 is 0 Å². The molecule has 1 aromatic rings. The van der Waals surface area contributed by atoms with Crippen molar-refractivity contribution in [2.75, 3.05) is 18.6 Å². The summed E-state index contributed by atoms with van der Waals surface area (Å²) in [5.74, 6) is 1.26. The number of nitrogens with zero attached hydrogens (tertiary/aromatic N) is 3. The summed E-state index contributed by atoms with van der Waals surface area (Å²) >= 11 is 1.74. The van der Waals surface area contributed by atoms with Crippen molar-refractivity contribution >= 4 is 17.7 Å². The zero-order valence-corrected chi connectivity index (χ0v) is 12.4. The van der Waals surface area contributed by atoms with Crippen molar-refractivity contribution in [1.82, 2.24) is 14.7 Å². The van der Waals surface area contributed by atoms with Gasteiger partial charge in [0.15, 0.2) is 0 Å². The average Bonchev–Trinajstić information content (AvgIpc) is 2.96. The molecule has 0 spiro atoms. The van der Waals surface area contributed by atoms with Crippen LogP contribution in [0.1, 0.15) is 32.1 Å². The topological polar surface area (TPSA) is 38.1 Å². The Bertz CT molecular complexity index is 380. The van der Waals surface area contributed by atoms with Crippen LogP contribution in [-0.2, 0) is 11.3 Å². The number of rotatable bonds is 6. The third kappa shape index (κ3) is 4.27. The molecule has 0 aromatic carbocycles. The summed E-state index contributed by atoms with van der Waals surface area (Å²) in [6, 6.07) is 2.36. The number of piperidine rings is 1. The average molecular weight is 281 g/mol. The van der Waals surface area contributed by atoms with Crippen molar-refractivity contribution in [3.8, 4) is 0 Å². The standard InChI is InChI=1S/C14H23N3OS/c1-19-12-7-14(18)17-10-3-2-5-13(17)6-11-16-9-4-8-15-16/h4,8-9,13H,2-3,5-7,10-12H2,1H3/t13-/m1/s1. The van der Waals surface area contributed by atoms with Crippen LogP contribution in [0.25, 0.3) is 0 Å². The molecule has 5 heteroatoms. The molecular formula is C14H23N3OS. The quantitative estimate of drug-likeness (QED) is 0.803. The third-order valence-corrected chi connectivity index (χ3v) is 4.33. The molecule has 1 aliphatic rings. The van der Waals surface area contributed by atoms with Crippen molar-refractivity contribution in [3.63, 3.8) is 0 Å². The summed E-state index contributed by atoms with van der Waals surface area (Å²) in [7, 11) is 0. The Morgan fingerprint density at radius 1 is 1.47 bits per heavy atom. The highest BCUT2D eigenvalue weighted by atomic mass is 32.2. The van der Waals surface area contributed by atoms with E-state index in [1.54, 1.807) is 11.8 Å². The molecule has 2 rings (SSSR count). The van der Waals surface area contributed by atoms with Crippen molar-refractivity contribution < 1.29 is 4.79 Å². The Labute approximate surface area is 119 Å². The van der Waals surface area contributed by atoms with Gasteiger partial charge in [0.05, 0.1) is 0 Å². The van der Waals surface area contributed by atoms with Crippen LogP contribution in [0.4, 0.5) is 0 Å². The highest BCUT2D eigenvalue weighted by Crippen LogP contribution is 2.21. The zero-order chi connectivity index (χ0) is 13.5. The molecule has 1 aromatic heterocycles. The lowest BCUT2D eigenvalue weighted by Crippen LogP contribution is -2.44. The summed E-state index contributed by atoms with van der Waals surface area (Å²) in [5, 5.41) is 4.23. The number of amides is 1. The van der Waals surface area contributed by atoms with Gasteiger partial charge >= 0.3 is 0 Å². The molecule has 0 N–H and O–H groups in total. The number of aryl methyl sites for hydroxylation is 1. The second-order valence-electron chi connectivity index (χ2n) is 5.04. The Morgan fingerprint density at radius 3 is 3.11 bits per heavy atom. The van der Waals surface area contributed by atoms with E-state index < -0.39 is 0 Å². The second kappa shape index (κ2) is 7.58. The molecular weight excluding hydrogens is 258 g/mol. The molecule has 1 atom stereocenters. The largest absolute Gasteiger partial charge is 0.340 e. The maximum atomic E-state index is 12.2. The third-order valence-electron chi connectivity index (χ3n) is 3.72. The summed E-state index contributed by atoms with van der Waals surface area (Å²) in [4.78, 5) is 14.3. The summed E-state index contributed by atoms with van der Waals surface area (Å²) < 4.78 is 1.96. The first-order chi connectivity index (χ1) is 9.31. The van der Waals surface area contributed by atoms with Crippen LogP contribution in [0.2, 0.25) is 0 Å². The number of carbonyl (C=O) groups is 1. The van der Waals surface area contributed by atoms with Gasteiger partial charge in [-0.1, -0.05) is 0 Å². The number of thioether (sulfide) groups is 1. The minimum atomic E-state index is 0.333. The van der Waals surface area contributed by atoms with Crippen LogP contribution >= 0.6 is 11.8 Å². The van der Waals surface area contributed by atoms with Gasteiger partial charge in [0, 0.05) is 43.7 Å². The molecule has 19 heavy (non-hydrogen) atoms. The van der Waals surface area contributed by atoms with E-state index in [0.29, 0.717) is 18.4 Å². The Kier molecular flexibility index (Phi) is 5.76. The molecule has 1 saturated heterocycles. The fourth-order valence-electron chi connectivity index (χ4n) is 2.68. The van der Waals surface area contributed by atoms with Gasteiger partial charge < -0.3 is 4.90 Å². The number of hydrogen-bond donors (Lipinski definition) is 0. The molecule has 0 unspecified atom stereocenters. The fraction of sp³-hybridized carbons (Fsp3) is 0.714. The van der Waals surface area contributed by atoms with Crippen LogP contribution in [-0.4, -0.2) is 45.2 Å². The fourth-order valence-corrected chi connectivity index (χ4v) is 3.05. The second-order valence-corrected chi connectivity index (χ2v) is 6.02. The first kappa shape index (κ1) is 14.4. The molecule has 4 nitrogen and oxygen atoms in total. The predicted octanol–water partition coefficient (Wildman–Crippen LogP) is 2.41. The predicted molar refractivity (Wildman–Crippen MR) is 79.2 cm³/mol. The van der Waals surface area contributed by atoms with Crippen molar-refractivity contribution in [2.24, 2.45) is 0 Å². The first-order valence-corrected chi connectivity index (χ1v) is 8.46. The number of hydrogen-bond acceptors (Lipinski definition) is 3. The van der Waals surface area contributed by atoms with E-state index in [-0.39, 0.29) is 0 Å². The van der Waals surface area contributed by atoms with Crippen LogP contribution < -0.4 is 0 Å². The molecule has 0 saturated carbocycles. The van der Waals surface area contributed by atoms with Crippen molar-refractivity contribution in [2.45, 2.75) is 44.7 Å². The molecule has 0 bridgehead atoms. The van der Waals surface area contributed by atoms with Gasteiger partial charge in [-0.3, -0.25) is 9.48 Å². The zero-order valence-electron chi connectivity index (χ0n) is 11.6. The van der Waals surface area contributed by atoms with Crippen LogP contribution in [0.5, 0.6) is 0 Å². The summed E-state index contributed by atoms with van der Waals surface area (Å²) in [6.07, 6.45) is 11.1. The van der Waals surface area contributed by atoms with E-state index in [2.05, 4.69) is 16.3 Å². The van der Waals surface area contributed by atoms with Crippen LogP contribution in [0.15, 0.2) is 18.5 Å². The molecule has 1 amide bonds. The van der Waals surface area contributed by atoms with Gasteiger partial charge in [0.1, 0.15) is 0 Å². The Hall–Kier alpha value is -0.970. The van der Waals surface area contributed by atoms with Gasteiger partial charge in [-0.15, -0.1) is 0 Å². The summed E-state index contributed by atoms with van der Waals surface area (Å²) in [6.45, 7) is 1.85. The van der Waals surface area contributed by atoms with Crippen molar-refractivity contribution in [1.29, 1.82) is 0 Å². The number of aromatic nitrogens is 2. The molecule has 2 heterocycles. The normalized spacial score (nSPS) is 19.6. The highest BCUT2D eigenvalue weighted by Gasteiger charge is 2.25. The molecule has 0 radical (unpaired) electrons. The Morgan fingerprint density at radius 2 is 2.37 bits per heavy atom. The van der Waals surface area contributed by atoms with Gasteiger partial charge in [0.25, 0.3) is 0 Å². The minimum Gasteiger partial charge on any atom is -0.340 e. The van der Waals surface area contributed by atoms with E-state index in [1.807, 2.05) is 23.1 Å². The van der Waals surface area contributed by atoms with Gasteiger partial charge in [0.2, 0.25) is 5.91 Å². The lowest BCUT2D eigenvalue weighted by molar-refractivity contribution is -0.134.